The Bertz CT molecular complexity index is 412. The summed E-state index contributed by atoms with van der Waals surface area (Å²) >= 11 is 3.18. The topological polar surface area (TPSA) is 41.1 Å². The van der Waals surface area contributed by atoms with Gasteiger partial charge in [-0.3, -0.25) is 4.79 Å². The number of amides is 1. The van der Waals surface area contributed by atoms with E-state index in [1.165, 1.54) is 6.07 Å². The third-order valence-corrected chi connectivity index (χ3v) is 2.99. The number of hydrogen-bond donors (Lipinski definition) is 2. The first kappa shape index (κ1) is 15.0. The summed E-state index contributed by atoms with van der Waals surface area (Å²) in [5.41, 5.74) is 0.330. The SMILES string of the molecule is CCCC(C)NC(=O)CNc1ccc(Br)cc1F. The second-order valence-corrected chi connectivity index (χ2v) is 5.15. The molecule has 0 heterocycles. The molecule has 0 saturated heterocycles. The molecule has 1 unspecified atom stereocenters. The van der Waals surface area contributed by atoms with Gasteiger partial charge in [-0.1, -0.05) is 29.3 Å². The molecule has 2 N–H and O–H groups in total. The van der Waals surface area contributed by atoms with Crippen LogP contribution < -0.4 is 10.6 Å². The van der Waals surface area contributed by atoms with Crippen molar-refractivity contribution in [1.82, 2.24) is 5.32 Å². The van der Waals surface area contributed by atoms with Gasteiger partial charge in [0.2, 0.25) is 5.91 Å². The molecule has 0 aliphatic rings. The first-order valence-corrected chi connectivity index (χ1v) is 6.80. The average molecular weight is 317 g/mol. The van der Waals surface area contributed by atoms with Crippen molar-refractivity contribution in [2.75, 3.05) is 11.9 Å². The summed E-state index contributed by atoms with van der Waals surface area (Å²) in [5, 5.41) is 5.63. The Balaban J connectivity index is 2.42. The Hall–Kier alpha value is -1.10. The van der Waals surface area contributed by atoms with Crippen molar-refractivity contribution in [3.63, 3.8) is 0 Å². The van der Waals surface area contributed by atoms with Gasteiger partial charge in [0.25, 0.3) is 0 Å². The van der Waals surface area contributed by atoms with Crippen LogP contribution in [-0.4, -0.2) is 18.5 Å². The quantitative estimate of drug-likeness (QED) is 0.845. The van der Waals surface area contributed by atoms with E-state index < -0.39 is 0 Å². The second-order valence-electron chi connectivity index (χ2n) is 4.23. The van der Waals surface area contributed by atoms with Gasteiger partial charge in [-0.25, -0.2) is 4.39 Å². The second kappa shape index (κ2) is 7.36. The molecule has 1 rings (SSSR count). The van der Waals surface area contributed by atoms with Crippen molar-refractivity contribution < 1.29 is 9.18 Å². The minimum absolute atomic E-state index is 0.0760. The predicted molar refractivity (Wildman–Crippen MR) is 75.1 cm³/mol. The zero-order valence-corrected chi connectivity index (χ0v) is 12.2. The number of nitrogens with one attached hydrogen (secondary N) is 2. The van der Waals surface area contributed by atoms with Crippen LogP contribution in [0.3, 0.4) is 0 Å². The van der Waals surface area contributed by atoms with Gasteiger partial charge in [-0.2, -0.15) is 0 Å². The highest BCUT2D eigenvalue weighted by Gasteiger charge is 2.08. The molecule has 3 nitrogen and oxygen atoms in total. The van der Waals surface area contributed by atoms with E-state index in [1.54, 1.807) is 12.1 Å². The normalized spacial score (nSPS) is 12.0. The third kappa shape index (κ3) is 5.04. The van der Waals surface area contributed by atoms with Crippen molar-refractivity contribution in [2.24, 2.45) is 0 Å². The van der Waals surface area contributed by atoms with Crippen LogP contribution in [0.2, 0.25) is 0 Å². The van der Waals surface area contributed by atoms with Crippen molar-refractivity contribution in [3.05, 3.63) is 28.5 Å². The van der Waals surface area contributed by atoms with Crippen LogP contribution in [0.1, 0.15) is 26.7 Å². The molecule has 0 aliphatic heterocycles. The molecule has 18 heavy (non-hydrogen) atoms. The molecule has 1 aromatic rings. The van der Waals surface area contributed by atoms with Gasteiger partial charge in [-0.05, 0) is 31.5 Å². The Morgan fingerprint density at radius 2 is 2.22 bits per heavy atom. The zero-order chi connectivity index (χ0) is 13.5. The minimum Gasteiger partial charge on any atom is -0.374 e. The first-order chi connectivity index (χ1) is 8.52. The average Bonchev–Trinajstić information content (AvgIpc) is 2.28. The summed E-state index contributed by atoms with van der Waals surface area (Å²) < 4.78 is 14.1. The number of carbonyl (C=O) groups excluding carboxylic acids is 1. The lowest BCUT2D eigenvalue weighted by atomic mass is 10.2. The summed E-state index contributed by atoms with van der Waals surface area (Å²) in [6.07, 6.45) is 1.97. The molecule has 1 aromatic carbocycles. The third-order valence-electron chi connectivity index (χ3n) is 2.50. The van der Waals surface area contributed by atoms with Gasteiger partial charge in [0.1, 0.15) is 5.82 Å². The van der Waals surface area contributed by atoms with Gasteiger partial charge in [0, 0.05) is 10.5 Å². The molecule has 0 fully saturated rings. The van der Waals surface area contributed by atoms with Crippen LogP contribution in [0.5, 0.6) is 0 Å². The monoisotopic (exact) mass is 316 g/mol. The fourth-order valence-electron chi connectivity index (χ4n) is 1.64. The fraction of sp³-hybridized carbons (Fsp3) is 0.462. The van der Waals surface area contributed by atoms with Gasteiger partial charge in [0.05, 0.1) is 12.2 Å². The van der Waals surface area contributed by atoms with E-state index in [9.17, 15) is 9.18 Å². The van der Waals surface area contributed by atoms with Gasteiger partial charge >= 0.3 is 0 Å². The molecule has 1 amide bonds. The van der Waals surface area contributed by atoms with Gasteiger partial charge in [0.15, 0.2) is 0 Å². The summed E-state index contributed by atoms with van der Waals surface area (Å²) in [7, 11) is 0. The van der Waals surface area contributed by atoms with Crippen LogP contribution in [0, 0.1) is 5.82 Å². The van der Waals surface area contributed by atoms with Crippen molar-refractivity contribution in [1.29, 1.82) is 0 Å². The number of halogens is 2. The lowest BCUT2D eigenvalue weighted by molar-refractivity contribution is -0.120. The molecule has 0 aliphatic carbocycles. The molecule has 0 spiro atoms. The standard InChI is InChI=1S/C13H18BrFN2O/c1-3-4-9(2)17-13(18)8-16-12-6-5-10(14)7-11(12)15/h5-7,9,16H,3-4,8H2,1-2H3,(H,17,18). The van der Waals surface area contributed by atoms with E-state index >= 15 is 0 Å². The van der Waals surface area contributed by atoms with E-state index in [0.29, 0.717) is 10.2 Å². The Labute approximate surface area is 115 Å². The summed E-state index contributed by atoms with van der Waals surface area (Å²) in [4.78, 5) is 11.6. The van der Waals surface area contributed by atoms with E-state index in [-0.39, 0.29) is 24.3 Å². The van der Waals surface area contributed by atoms with E-state index in [4.69, 9.17) is 0 Å². The van der Waals surface area contributed by atoms with Crippen LogP contribution in [0.15, 0.2) is 22.7 Å². The summed E-state index contributed by atoms with van der Waals surface area (Å²) in [5.74, 6) is -0.503. The highest BCUT2D eigenvalue weighted by Crippen LogP contribution is 2.18. The van der Waals surface area contributed by atoms with Crippen LogP contribution in [0.4, 0.5) is 10.1 Å². The number of benzene rings is 1. The smallest absolute Gasteiger partial charge is 0.239 e. The molecular weight excluding hydrogens is 299 g/mol. The number of rotatable bonds is 6. The Morgan fingerprint density at radius 1 is 1.50 bits per heavy atom. The Kier molecular flexibility index (Phi) is 6.12. The molecule has 100 valence electrons. The molecule has 0 saturated carbocycles. The van der Waals surface area contributed by atoms with Crippen LogP contribution in [-0.2, 0) is 4.79 Å². The molecular formula is C13H18BrFN2O. The first-order valence-electron chi connectivity index (χ1n) is 6.01. The molecule has 5 heteroatoms. The predicted octanol–water partition coefficient (Wildman–Crippen LogP) is 3.30. The fourth-order valence-corrected chi connectivity index (χ4v) is 1.97. The molecule has 0 aromatic heterocycles. The highest BCUT2D eigenvalue weighted by atomic mass is 79.9. The van der Waals surface area contributed by atoms with E-state index in [0.717, 1.165) is 12.8 Å². The number of hydrogen-bond acceptors (Lipinski definition) is 2. The summed E-state index contributed by atoms with van der Waals surface area (Å²) in [6, 6.07) is 4.84. The molecule has 0 radical (unpaired) electrons. The maximum atomic E-state index is 13.5. The maximum Gasteiger partial charge on any atom is 0.239 e. The number of anilines is 1. The summed E-state index contributed by atoms with van der Waals surface area (Å²) in [6.45, 7) is 4.10. The minimum atomic E-state index is -0.376. The lowest BCUT2D eigenvalue weighted by Gasteiger charge is -2.13. The van der Waals surface area contributed by atoms with Crippen molar-refractivity contribution in [3.8, 4) is 0 Å². The Morgan fingerprint density at radius 3 is 2.83 bits per heavy atom. The largest absolute Gasteiger partial charge is 0.374 e. The van der Waals surface area contributed by atoms with Crippen molar-refractivity contribution >= 4 is 27.5 Å². The molecule has 1 atom stereocenters. The maximum absolute atomic E-state index is 13.5. The molecule has 0 bridgehead atoms. The zero-order valence-electron chi connectivity index (χ0n) is 10.6. The van der Waals surface area contributed by atoms with E-state index in [2.05, 4.69) is 33.5 Å². The lowest BCUT2D eigenvalue weighted by Crippen LogP contribution is -2.36. The van der Waals surface area contributed by atoms with Crippen LogP contribution >= 0.6 is 15.9 Å². The van der Waals surface area contributed by atoms with E-state index in [1.807, 2.05) is 6.92 Å². The highest BCUT2D eigenvalue weighted by molar-refractivity contribution is 9.10. The van der Waals surface area contributed by atoms with Crippen LogP contribution in [0.25, 0.3) is 0 Å². The van der Waals surface area contributed by atoms with Gasteiger partial charge in [-0.15, -0.1) is 0 Å². The van der Waals surface area contributed by atoms with Gasteiger partial charge < -0.3 is 10.6 Å². The number of carbonyl (C=O) groups is 1. The van der Waals surface area contributed by atoms with Crippen molar-refractivity contribution in [2.45, 2.75) is 32.7 Å².